The molecule has 1 heterocycles. The number of amides is 1. The lowest BCUT2D eigenvalue weighted by molar-refractivity contribution is 0.0929. The van der Waals surface area contributed by atoms with E-state index in [9.17, 15) is 4.79 Å². The molecule has 92 valence electrons. The SMILES string of the molecule is CC1(CNC(=O)c2cc(Cl)ccn2)CCCC1. The molecule has 0 atom stereocenters. The van der Waals surface area contributed by atoms with E-state index in [0.29, 0.717) is 10.7 Å². The van der Waals surface area contributed by atoms with Gasteiger partial charge in [-0.05, 0) is 30.4 Å². The van der Waals surface area contributed by atoms with Crippen molar-refractivity contribution in [3.05, 3.63) is 29.0 Å². The quantitative estimate of drug-likeness (QED) is 0.899. The standard InChI is InChI=1S/C13H17ClN2O/c1-13(5-2-3-6-13)9-16-12(17)11-8-10(14)4-7-15-11/h4,7-8H,2-3,5-6,9H2,1H3,(H,16,17). The highest BCUT2D eigenvalue weighted by atomic mass is 35.5. The van der Waals surface area contributed by atoms with Crippen LogP contribution in [-0.2, 0) is 0 Å². The predicted octanol–water partition coefficient (Wildman–Crippen LogP) is 3.05. The normalized spacial score (nSPS) is 18.0. The van der Waals surface area contributed by atoms with E-state index in [1.54, 1.807) is 18.3 Å². The fourth-order valence-electron chi connectivity index (χ4n) is 2.32. The van der Waals surface area contributed by atoms with Crippen molar-refractivity contribution in [1.82, 2.24) is 10.3 Å². The molecule has 1 saturated carbocycles. The highest BCUT2D eigenvalue weighted by molar-refractivity contribution is 6.30. The average Bonchev–Trinajstić information content (AvgIpc) is 2.74. The summed E-state index contributed by atoms with van der Waals surface area (Å²) in [6.07, 6.45) is 6.46. The molecule has 0 unspecified atom stereocenters. The second-order valence-corrected chi connectivity index (χ2v) is 5.50. The van der Waals surface area contributed by atoms with Crippen LogP contribution in [0.3, 0.4) is 0 Å². The summed E-state index contributed by atoms with van der Waals surface area (Å²) in [6.45, 7) is 2.95. The molecule has 1 N–H and O–H groups in total. The maximum absolute atomic E-state index is 11.9. The second-order valence-electron chi connectivity index (χ2n) is 5.06. The maximum atomic E-state index is 11.9. The zero-order chi connectivity index (χ0) is 12.3. The minimum atomic E-state index is -0.138. The molecular formula is C13H17ClN2O. The van der Waals surface area contributed by atoms with Crippen LogP contribution in [0.15, 0.2) is 18.3 Å². The highest BCUT2D eigenvalue weighted by Gasteiger charge is 2.29. The van der Waals surface area contributed by atoms with Crippen LogP contribution in [0.4, 0.5) is 0 Å². The van der Waals surface area contributed by atoms with Crippen molar-refractivity contribution in [2.75, 3.05) is 6.54 Å². The molecule has 2 rings (SSSR count). The van der Waals surface area contributed by atoms with Gasteiger partial charge in [-0.3, -0.25) is 9.78 Å². The molecule has 1 amide bonds. The number of hydrogen-bond donors (Lipinski definition) is 1. The van der Waals surface area contributed by atoms with Gasteiger partial charge >= 0.3 is 0 Å². The molecular weight excluding hydrogens is 236 g/mol. The Morgan fingerprint density at radius 3 is 2.88 bits per heavy atom. The van der Waals surface area contributed by atoms with E-state index in [4.69, 9.17) is 11.6 Å². The summed E-state index contributed by atoms with van der Waals surface area (Å²) >= 11 is 5.82. The molecule has 1 fully saturated rings. The number of halogens is 1. The van der Waals surface area contributed by atoms with Crippen LogP contribution in [0.1, 0.15) is 43.1 Å². The molecule has 1 aliphatic carbocycles. The van der Waals surface area contributed by atoms with Crippen molar-refractivity contribution in [2.24, 2.45) is 5.41 Å². The number of pyridine rings is 1. The maximum Gasteiger partial charge on any atom is 0.269 e. The van der Waals surface area contributed by atoms with Gasteiger partial charge in [-0.1, -0.05) is 31.4 Å². The monoisotopic (exact) mass is 252 g/mol. The summed E-state index contributed by atoms with van der Waals surface area (Å²) < 4.78 is 0. The van der Waals surface area contributed by atoms with Gasteiger partial charge in [0.1, 0.15) is 5.69 Å². The summed E-state index contributed by atoms with van der Waals surface area (Å²) in [6, 6.07) is 3.25. The average molecular weight is 253 g/mol. The Morgan fingerprint density at radius 2 is 2.24 bits per heavy atom. The zero-order valence-corrected chi connectivity index (χ0v) is 10.8. The van der Waals surface area contributed by atoms with Crippen LogP contribution in [0.2, 0.25) is 5.02 Å². The molecule has 1 aliphatic rings. The van der Waals surface area contributed by atoms with E-state index >= 15 is 0 Å². The van der Waals surface area contributed by atoms with E-state index in [-0.39, 0.29) is 11.3 Å². The van der Waals surface area contributed by atoms with Gasteiger partial charge in [0.15, 0.2) is 0 Å². The molecule has 1 aromatic heterocycles. The minimum absolute atomic E-state index is 0.138. The van der Waals surface area contributed by atoms with Crippen molar-refractivity contribution in [1.29, 1.82) is 0 Å². The number of rotatable bonds is 3. The van der Waals surface area contributed by atoms with Gasteiger partial charge in [-0.25, -0.2) is 0 Å². The van der Waals surface area contributed by atoms with Crippen LogP contribution in [-0.4, -0.2) is 17.4 Å². The van der Waals surface area contributed by atoms with Crippen LogP contribution in [0, 0.1) is 5.41 Å². The van der Waals surface area contributed by atoms with E-state index in [1.165, 1.54) is 25.7 Å². The predicted molar refractivity (Wildman–Crippen MR) is 68.2 cm³/mol. The van der Waals surface area contributed by atoms with Gasteiger partial charge in [-0.15, -0.1) is 0 Å². The third kappa shape index (κ3) is 3.19. The zero-order valence-electron chi connectivity index (χ0n) is 10.0. The van der Waals surface area contributed by atoms with Crippen molar-refractivity contribution < 1.29 is 4.79 Å². The summed E-state index contributed by atoms with van der Waals surface area (Å²) in [5.74, 6) is -0.138. The lowest BCUT2D eigenvalue weighted by Crippen LogP contribution is -2.34. The van der Waals surface area contributed by atoms with Gasteiger partial charge < -0.3 is 5.32 Å². The topological polar surface area (TPSA) is 42.0 Å². The fraction of sp³-hybridized carbons (Fsp3) is 0.538. The van der Waals surface area contributed by atoms with Crippen LogP contribution >= 0.6 is 11.6 Å². The van der Waals surface area contributed by atoms with Gasteiger partial charge in [0.2, 0.25) is 0 Å². The third-order valence-electron chi connectivity index (χ3n) is 3.44. The summed E-state index contributed by atoms with van der Waals surface area (Å²) in [5.41, 5.74) is 0.646. The first kappa shape index (κ1) is 12.4. The molecule has 3 nitrogen and oxygen atoms in total. The van der Waals surface area contributed by atoms with E-state index in [1.807, 2.05) is 0 Å². The first-order valence-electron chi connectivity index (χ1n) is 5.99. The molecule has 4 heteroatoms. The Morgan fingerprint density at radius 1 is 1.53 bits per heavy atom. The van der Waals surface area contributed by atoms with Gasteiger partial charge in [0.25, 0.3) is 5.91 Å². The molecule has 1 aromatic rings. The summed E-state index contributed by atoms with van der Waals surface area (Å²) in [7, 11) is 0. The number of carbonyl (C=O) groups is 1. The number of hydrogen-bond acceptors (Lipinski definition) is 2. The molecule has 0 aromatic carbocycles. The van der Waals surface area contributed by atoms with Gasteiger partial charge in [-0.2, -0.15) is 0 Å². The van der Waals surface area contributed by atoms with Gasteiger partial charge in [0.05, 0.1) is 0 Å². The Bertz CT molecular complexity index is 414. The Balaban J connectivity index is 1.93. The minimum Gasteiger partial charge on any atom is -0.350 e. The van der Waals surface area contributed by atoms with Crippen molar-refractivity contribution in [2.45, 2.75) is 32.6 Å². The number of aromatic nitrogens is 1. The highest BCUT2D eigenvalue weighted by Crippen LogP contribution is 2.36. The first-order valence-corrected chi connectivity index (χ1v) is 6.37. The van der Waals surface area contributed by atoms with Crippen LogP contribution < -0.4 is 5.32 Å². The van der Waals surface area contributed by atoms with Crippen molar-refractivity contribution >= 4 is 17.5 Å². The molecule has 0 bridgehead atoms. The molecule has 17 heavy (non-hydrogen) atoms. The fourth-order valence-corrected chi connectivity index (χ4v) is 2.48. The Hall–Kier alpha value is -1.09. The number of nitrogens with zero attached hydrogens (tertiary/aromatic N) is 1. The summed E-state index contributed by atoms with van der Waals surface area (Å²) in [5, 5.41) is 3.49. The Labute approximate surface area is 107 Å². The van der Waals surface area contributed by atoms with Crippen LogP contribution in [0.25, 0.3) is 0 Å². The molecule has 0 aliphatic heterocycles. The lowest BCUT2D eigenvalue weighted by atomic mass is 9.89. The number of nitrogens with one attached hydrogen (secondary N) is 1. The third-order valence-corrected chi connectivity index (χ3v) is 3.68. The smallest absolute Gasteiger partial charge is 0.269 e. The molecule has 0 spiro atoms. The number of carbonyl (C=O) groups excluding carboxylic acids is 1. The lowest BCUT2D eigenvalue weighted by Gasteiger charge is -2.23. The second kappa shape index (κ2) is 5.05. The van der Waals surface area contributed by atoms with Crippen molar-refractivity contribution in [3.8, 4) is 0 Å². The van der Waals surface area contributed by atoms with E-state index < -0.39 is 0 Å². The molecule has 0 radical (unpaired) electrons. The Kier molecular flexibility index (Phi) is 3.67. The van der Waals surface area contributed by atoms with E-state index in [0.717, 1.165) is 6.54 Å². The summed E-state index contributed by atoms with van der Waals surface area (Å²) in [4.78, 5) is 15.9. The molecule has 0 saturated heterocycles. The van der Waals surface area contributed by atoms with Crippen LogP contribution in [0.5, 0.6) is 0 Å². The van der Waals surface area contributed by atoms with Gasteiger partial charge in [0, 0.05) is 17.8 Å². The first-order chi connectivity index (χ1) is 8.09. The van der Waals surface area contributed by atoms with Crippen molar-refractivity contribution in [3.63, 3.8) is 0 Å². The van der Waals surface area contributed by atoms with E-state index in [2.05, 4.69) is 17.2 Å². The largest absolute Gasteiger partial charge is 0.350 e.